The monoisotopic (exact) mass is 393 g/mol. The highest BCUT2D eigenvalue weighted by Crippen LogP contribution is 2.56. The van der Waals surface area contributed by atoms with Crippen LogP contribution in [0.4, 0.5) is 32.3 Å². The summed E-state index contributed by atoms with van der Waals surface area (Å²) in [4.78, 5) is 16.1. The summed E-state index contributed by atoms with van der Waals surface area (Å²) in [5, 5.41) is 2.30. The zero-order chi connectivity index (χ0) is 20.4. The van der Waals surface area contributed by atoms with E-state index in [9.17, 15) is 31.1 Å². The molecule has 1 amide bonds. The molecule has 1 aromatic heterocycles. The van der Waals surface area contributed by atoms with Crippen LogP contribution in [-0.4, -0.2) is 27.3 Å². The molecule has 1 heterocycles. The van der Waals surface area contributed by atoms with E-state index in [-0.39, 0.29) is 17.0 Å². The van der Waals surface area contributed by atoms with E-state index in [4.69, 9.17) is 0 Å². The SMILES string of the molecule is CC(C)(C)n1c(NC(=O)CC2CC(F)(F)C2(F)F)nc2cc(F)c(F)cc21. The molecule has 10 heteroatoms. The molecule has 2 aromatic rings. The van der Waals surface area contributed by atoms with Gasteiger partial charge in [-0.15, -0.1) is 0 Å². The van der Waals surface area contributed by atoms with Crippen LogP contribution in [0.2, 0.25) is 0 Å². The first kappa shape index (κ1) is 19.5. The van der Waals surface area contributed by atoms with Crippen molar-refractivity contribution >= 4 is 22.9 Å². The summed E-state index contributed by atoms with van der Waals surface area (Å²) in [7, 11) is 0. The van der Waals surface area contributed by atoms with Gasteiger partial charge in [-0.25, -0.2) is 13.8 Å². The Morgan fingerprint density at radius 2 is 1.81 bits per heavy atom. The van der Waals surface area contributed by atoms with Gasteiger partial charge in [0.25, 0.3) is 0 Å². The second-order valence-corrected chi connectivity index (χ2v) is 7.68. The van der Waals surface area contributed by atoms with Gasteiger partial charge in [0.2, 0.25) is 11.9 Å². The topological polar surface area (TPSA) is 46.9 Å². The fraction of sp³-hybridized carbons (Fsp3) is 0.529. The van der Waals surface area contributed by atoms with Crippen molar-refractivity contribution in [2.45, 2.75) is 51.0 Å². The van der Waals surface area contributed by atoms with Gasteiger partial charge < -0.3 is 4.57 Å². The van der Waals surface area contributed by atoms with Gasteiger partial charge in [-0.2, -0.15) is 17.6 Å². The number of anilines is 1. The van der Waals surface area contributed by atoms with Crippen molar-refractivity contribution in [1.29, 1.82) is 0 Å². The first-order valence-corrected chi connectivity index (χ1v) is 8.17. The molecular formula is C17H17F6N3O. The van der Waals surface area contributed by atoms with Crippen LogP contribution in [0.25, 0.3) is 11.0 Å². The minimum Gasteiger partial charge on any atom is -0.304 e. The number of aromatic nitrogens is 2. The summed E-state index contributed by atoms with van der Waals surface area (Å²) in [5.74, 6) is -13.4. The number of amides is 1. The lowest BCUT2D eigenvalue weighted by atomic mass is 9.74. The molecule has 1 saturated carbocycles. The van der Waals surface area contributed by atoms with Crippen LogP contribution in [0.1, 0.15) is 33.6 Å². The molecule has 27 heavy (non-hydrogen) atoms. The quantitative estimate of drug-likeness (QED) is 0.770. The molecule has 0 aliphatic heterocycles. The molecule has 148 valence electrons. The molecule has 0 bridgehead atoms. The summed E-state index contributed by atoms with van der Waals surface area (Å²) in [6, 6.07) is 1.77. The normalized spacial score (nSPS) is 21.1. The number of halogens is 6. The minimum atomic E-state index is -4.25. The fourth-order valence-corrected chi connectivity index (χ4v) is 3.18. The molecule has 1 unspecified atom stereocenters. The van der Waals surface area contributed by atoms with Crippen molar-refractivity contribution in [1.82, 2.24) is 9.55 Å². The third-order valence-electron chi connectivity index (χ3n) is 4.55. The molecule has 4 nitrogen and oxygen atoms in total. The standard InChI is InChI=1S/C17H17F6N3O/c1-15(2,3)26-12-6-10(19)9(18)5-11(12)24-14(26)25-13(27)4-8-7-16(20,21)17(8,22)23/h5-6,8H,4,7H2,1-3H3,(H,24,25,27). The maximum Gasteiger partial charge on any atom is 0.313 e. The summed E-state index contributed by atoms with van der Waals surface area (Å²) in [5.41, 5.74) is -0.480. The molecule has 0 radical (unpaired) electrons. The van der Waals surface area contributed by atoms with E-state index in [2.05, 4.69) is 10.3 Å². The van der Waals surface area contributed by atoms with Crippen LogP contribution in [0.5, 0.6) is 0 Å². The van der Waals surface area contributed by atoms with Crippen molar-refractivity contribution in [3.8, 4) is 0 Å². The molecule has 1 atom stereocenters. The minimum absolute atomic E-state index is 0.0552. The van der Waals surface area contributed by atoms with Gasteiger partial charge in [-0.1, -0.05) is 0 Å². The average Bonchev–Trinajstić information content (AvgIpc) is 2.83. The van der Waals surface area contributed by atoms with E-state index in [1.807, 2.05) is 0 Å². The van der Waals surface area contributed by atoms with Crippen LogP contribution < -0.4 is 5.32 Å². The van der Waals surface area contributed by atoms with Crippen molar-refractivity contribution in [3.63, 3.8) is 0 Å². The second kappa shape index (κ2) is 5.87. The van der Waals surface area contributed by atoms with Gasteiger partial charge in [-0.3, -0.25) is 10.1 Å². The van der Waals surface area contributed by atoms with E-state index in [1.54, 1.807) is 20.8 Å². The second-order valence-electron chi connectivity index (χ2n) is 7.68. The molecular weight excluding hydrogens is 376 g/mol. The van der Waals surface area contributed by atoms with Crippen LogP contribution in [0.3, 0.4) is 0 Å². The highest BCUT2D eigenvalue weighted by atomic mass is 19.3. The van der Waals surface area contributed by atoms with E-state index >= 15 is 0 Å². The number of benzene rings is 1. The highest BCUT2D eigenvalue weighted by molar-refractivity contribution is 5.92. The van der Waals surface area contributed by atoms with Crippen LogP contribution >= 0.6 is 0 Å². The summed E-state index contributed by atoms with van der Waals surface area (Å²) in [6.45, 7) is 5.14. The molecule has 0 saturated heterocycles. The van der Waals surface area contributed by atoms with Crippen molar-refractivity contribution < 1.29 is 31.1 Å². The number of imidazole rings is 1. The lowest BCUT2D eigenvalue weighted by Crippen LogP contribution is -2.59. The number of hydrogen-bond donors (Lipinski definition) is 1. The van der Waals surface area contributed by atoms with Crippen LogP contribution in [0.15, 0.2) is 12.1 Å². The first-order valence-electron chi connectivity index (χ1n) is 8.17. The van der Waals surface area contributed by atoms with Gasteiger partial charge in [0.05, 0.1) is 11.0 Å². The average molecular weight is 393 g/mol. The Hall–Kier alpha value is -2.26. The Morgan fingerprint density at radius 3 is 2.33 bits per heavy atom. The first-order chi connectivity index (χ1) is 12.2. The Balaban J connectivity index is 1.90. The summed E-state index contributed by atoms with van der Waals surface area (Å²) in [6.07, 6.45) is -1.90. The predicted octanol–water partition coefficient (Wildman–Crippen LogP) is 4.69. The molecule has 1 aliphatic rings. The van der Waals surface area contributed by atoms with Crippen molar-refractivity contribution in [2.75, 3.05) is 5.32 Å². The van der Waals surface area contributed by atoms with Gasteiger partial charge in [0, 0.05) is 36.4 Å². The Bertz CT molecular complexity index is 916. The van der Waals surface area contributed by atoms with Crippen LogP contribution in [0, 0.1) is 17.6 Å². The highest BCUT2D eigenvalue weighted by Gasteiger charge is 2.71. The smallest absolute Gasteiger partial charge is 0.304 e. The number of nitrogens with zero attached hydrogens (tertiary/aromatic N) is 2. The third kappa shape index (κ3) is 3.14. The van der Waals surface area contributed by atoms with Crippen LogP contribution in [-0.2, 0) is 10.3 Å². The fourth-order valence-electron chi connectivity index (χ4n) is 3.18. The van der Waals surface area contributed by atoms with Gasteiger partial charge in [0.15, 0.2) is 11.6 Å². The Morgan fingerprint density at radius 1 is 1.22 bits per heavy atom. The zero-order valence-electron chi connectivity index (χ0n) is 14.7. The number of alkyl halides is 4. The van der Waals surface area contributed by atoms with E-state index < -0.39 is 53.7 Å². The van der Waals surface area contributed by atoms with E-state index in [0.29, 0.717) is 0 Å². The molecule has 3 rings (SSSR count). The maximum absolute atomic E-state index is 13.6. The van der Waals surface area contributed by atoms with Crippen molar-refractivity contribution in [3.05, 3.63) is 23.8 Å². The van der Waals surface area contributed by atoms with E-state index in [0.717, 1.165) is 12.1 Å². The molecule has 1 fully saturated rings. The maximum atomic E-state index is 13.6. The molecule has 1 N–H and O–H groups in total. The lowest BCUT2D eigenvalue weighted by molar-refractivity contribution is -0.313. The number of rotatable bonds is 3. The van der Waals surface area contributed by atoms with Gasteiger partial charge >= 0.3 is 11.8 Å². The number of nitrogens with one attached hydrogen (secondary N) is 1. The Labute approximate surface area is 150 Å². The molecule has 0 spiro atoms. The molecule has 1 aliphatic carbocycles. The van der Waals surface area contributed by atoms with E-state index in [1.165, 1.54) is 4.57 Å². The number of hydrogen-bond acceptors (Lipinski definition) is 2. The number of carbonyl (C=O) groups excluding carboxylic acids is 1. The van der Waals surface area contributed by atoms with Gasteiger partial charge in [-0.05, 0) is 20.8 Å². The third-order valence-corrected chi connectivity index (χ3v) is 4.55. The number of fused-ring (bicyclic) bond motifs is 1. The zero-order valence-corrected chi connectivity index (χ0v) is 14.7. The Kier molecular flexibility index (Phi) is 4.24. The predicted molar refractivity (Wildman–Crippen MR) is 85.9 cm³/mol. The summed E-state index contributed by atoms with van der Waals surface area (Å²) < 4.78 is 81.1. The molecule has 1 aromatic carbocycles. The largest absolute Gasteiger partial charge is 0.313 e. The van der Waals surface area contributed by atoms with Gasteiger partial charge in [0.1, 0.15) is 0 Å². The summed E-state index contributed by atoms with van der Waals surface area (Å²) >= 11 is 0. The lowest BCUT2D eigenvalue weighted by Gasteiger charge is -2.43. The van der Waals surface area contributed by atoms with Crippen molar-refractivity contribution in [2.24, 2.45) is 5.92 Å². The number of carbonyl (C=O) groups is 1.